The highest BCUT2D eigenvalue weighted by Gasteiger charge is 2.23. The Morgan fingerprint density at radius 1 is 0.920 bits per heavy atom. The smallest absolute Gasteiger partial charge is 0.115 e. The molecule has 1 atom stereocenters. The Kier molecular flexibility index (Phi) is 4.64. The summed E-state index contributed by atoms with van der Waals surface area (Å²) in [5.74, 6) is 0.273. The van der Waals surface area contributed by atoms with Crippen molar-refractivity contribution in [3.05, 3.63) is 88.4 Å². The second-order valence-electron chi connectivity index (χ2n) is 5.91. The SMILES string of the molecule is Oc1ccc(C2=Nc3ccccc3SC(c3ccccc3Br)C2)cc1. The first-order chi connectivity index (χ1) is 12.2. The number of nitrogens with zero attached hydrogens (tertiary/aromatic N) is 1. The van der Waals surface area contributed by atoms with Crippen molar-refractivity contribution in [2.45, 2.75) is 16.6 Å². The summed E-state index contributed by atoms with van der Waals surface area (Å²) in [7, 11) is 0. The van der Waals surface area contributed by atoms with Crippen LogP contribution in [0, 0.1) is 0 Å². The molecular formula is C21H16BrNOS. The van der Waals surface area contributed by atoms with Crippen LogP contribution in [0.2, 0.25) is 0 Å². The van der Waals surface area contributed by atoms with E-state index in [0.717, 1.165) is 27.9 Å². The van der Waals surface area contributed by atoms with E-state index in [1.54, 1.807) is 12.1 Å². The largest absolute Gasteiger partial charge is 0.508 e. The van der Waals surface area contributed by atoms with E-state index in [2.05, 4.69) is 52.3 Å². The molecule has 1 N–H and O–H groups in total. The highest BCUT2D eigenvalue weighted by Crippen LogP contribution is 2.47. The fraction of sp³-hybridized carbons (Fsp3) is 0.0952. The number of hydrogen-bond donors (Lipinski definition) is 1. The Hall–Kier alpha value is -2.04. The van der Waals surface area contributed by atoms with Gasteiger partial charge in [0.05, 0.1) is 5.69 Å². The van der Waals surface area contributed by atoms with Crippen LogP contribution in [0.3, 0.4) is 0 Å². The molecular weight excluding hydrogens is 394 g/mol. The number of phenolic OH excluding ortho intramolecular Hbond substituents is 1. The molecule has 2 nitrogen and oxygen atoms in total. The zero-order valence-corrected chi connectivity index (χ0v) is 15.8. The molecule has 1 aliphatic heterocycles. The minimum absolute atomic E-state index is 0.270. The number of phenols is 1. The van der Waals surface area contributed by atoms with Crippen molar-refractivity contribution in [2.75, 3.05) is 0 Å². The van der Waals surface area contributed by atoms with Gasteiger partial charge >= 0.3 is 0 Å². The molecule has 1 aliphatic rings. The van der Waals surface area contributed by atoms with Gasteiger partial charge in [-0.2, -0.15) is 0 Å². The van der Waals surface area contributed by atoms with Crippen LogP contribution in [0.25, 0.3) is 0 Å². The fourth-order valence-electron chi connectivity index (χ4n) is 2.96. The molecule has 0 fully saturated rings. The van der Waals surface area contributed by atoms with Gasteiger partial charge in [-0.1, -0.05) is 46.3 Å². The van der Waals surface area contributed by atoms with E-state index in [4.69, 9.17) is 4.99 Å². The predicted octanol–water partition coefficient (Wildman–Crippen LogP) is 6.51. The maximum atomic E-state index is 9.58. The Balaban J connectivity index is 1.82. The molecule has 4 rings (SSSR count). The van der Waals surface area contributed by atoms with Crippen molar-refractivity contribution in [2.24, 2.45) is 4.99 Å². The Labute approximate surface area is 159 Å². The highest BCUT2D eigenvalue weighted by molar-refractivity contribution is 9.10. The molecule has 1 unspecified atom stereocenters. The van der Waals surface area contributed by atoms with E-state index in [0.29, 0.717) is 0 Å². The van der Waals surface area contributed by atoms with Gasteiger partial charge in [0, 0.05) is 26.8 Å². The van der Waals surface area contributed by atoms with E-state index in [-0.39, 0.29) is 11.0 Å². The Bertz CT molecular complexity index is 937. The normalized spacial score (nSPS) is 16.7. The maximum Gasteiger partial charge on any atom is 0.115 e. The molecule has 0 saturated carbocycles. The van der Waals surface area contributed by atoms with E-state index in [9.17, 15) is 5.11 Å². The second-order valence-corrected chi connectivity index (χ2v) is 8.00. The van der Waals surface area contributed by atoms with E-state index < -0.39 is 0 Å². The molecule has 0 saturated heterocycles. The molecule has 1 heterocycles. The molecule has 3 aromatic carbocycles. The summed E-state index contributed by atoms with van der Waals surface area (Å²) in [6.07, 6.45) is 0.826. The predicted molar refractivity (Wildman–Crippen MR) is 108 cm³/mol. The summed E-state index contributed by atoms with van der Waals surface area (Å²) in [4.78, 5) is 6.14. The molecule has 0 bridgehead atoms. The number of rotatable bonds is 2. The standard InChI is InChI=1S/C21H16BrNOS/c22-17-6-2-1-5-16(17)21-13-19(14-9-11-15(24)12-10-14)23-18-7-3-4-8-20(18)25-21/h1-12,21,24H,13H2. The maximum absolute atomic E-state index is 9.58. The minimum atomic E-state index is 0.270. The summed E-state index contributed by atoms with van der Waals surface area (Å²) in [5.41, 5.74) is 4.37. The number of thioether (sulfide) groups is 1. The summed E-state index contributed by atoms with van der Waals surface area (Å²) < 4.78 is 1.12. The summed E-state index contributed by atoms with van der Waals surface area (Å²) in [6, 6.07) is 24.0. The third-order valence-electron chi connectivity index (χ3n) is 4.22. The fourth-order valence-corrected chi connectivity index (χ4v) is 4.94. The Morgan fingerprint density at radius 3 is 2.44 bits per heavy atom. The third kappa shape index (κ3) is 3.51. The lowest BCUT2D eigenvalue weighted by atomic mass is 10.0. The van der Waals surface area contributed by atoms with E-state index in [1.165, 1.54) is 10.5 Å². The number of aromatic hydroxyl groups is 1. The van der Waals surface area contributed by atoms with Crippen LogP contribution in [0.1, 0.15) is 22.8 Å². The molecule has 0 radical (unpaired) electrons. The van der Waals surface area contributed by atoms with Crippen molar-refractivity contribution in [3.63, 3.8) is 0 Å². The number of hydrogen-bond acceptors (Lipinski definition) is 3. The summed E-state index contributed by atoms with van der Waals surface area (Å²) in [6.45, 7) is 0. The van der Waals surface area contributed by atoms with Crippen molar-refractivity contribution >= 4 is 39.1 Å². The van der Waals surface area contributed by atoms with Crippen LogP contribution >= 0.6 is 27.7 Å². The van der Waals surface area contributed by atoms with Crippen LogP contribution in [0.5, 0.6) is 5.75 Å². The lowest BCUT2D eigenvalue weighted by molar-refractivity contribution is 0.475. The average Bonchev–Trinajstić information content (AvgIpc) is 2.82. The van der Waals surface area contributed by atoms with Gasteiger partial charge in [-0.25, -0.2) is 0 Å². The van der Waals surface area contributed by atoms with Gasteiger partial charge in [0.2, 0.25) is 0 Å². The van der Waals surface area contributed by atoms with Gasteiger partial charge in [0.1, 0.15) is 5.75 Å². The number of fused-ring (bicyclic) bond motifs is 1. The number of aliphatic imine (C=N–C) groups is 1. The number of halogens is 1. The molecule has 0 aliphatic carbocycles. The van der Waals surface area contributed by atoms with E-state index in [1.807, 2.05) is 36.0 Å². The molecule has 124 valence electrons. The van der Waals surface area contributed by atoms with Crippen LogP contribution < -0.4 is 0 Å². The van der Waals surface area contributed by atoms with Crippen molar-refractivity contribution in [1.82, 2.24) is 0 Å². The average molecular weight is 410 g/mol. The highest BCUT2D eigenvalue weighted by atomic mass is 79.9. The van der Waals surface area contributed by atoms with E-state index >= 15 is 0 Å². The van der Waals surface area contributed by atoms with Crippen LogP contribution in [-0.4, -0.2) is 10.8 Å². The van der Waals surface area contributed by atoms with Crippen LogP contribution in [0.4, 0.5) is 5.69 Å². The molecule has 25 heavy (non-hydrogen) atoms. The first kappa shape index (κ1) is 16.4. The molecule has 0 spiro atoms. The van der Waals surface area contributed by atoms with Crippen LogP contribution in [0.15, 0.2) is 87.2 Å². The summed E-state index contributed by atoms with van der Waals surface area (Å²) >= 11 is 5.55. The Morgan fingerprint density at radius 2 is 1.64 bits per heavy atom. The molecule has 3 aromatic rings. The molecule has 0 amide bonds. The van der Waals surface area contributed by atoms with Gasteiger partial charge in [0.25, 0.3) is 0 Å². The van der Waals surface area contributed by atoms with Gasteiger partial charge in [-0.3, -0.25) is 4.99 Å². The second kappa shape index (κ2) is 7.06. The number of benzene rings is 3. The molecule has 4 heteroatoms. The zero-order valence-electron chi connectivity index (χ0n) is 13.4. The van der Waals surface area contributed by atoms with Crippen molar-refractivity contribution < 1.29 is 5.11 Å². The van der Waals surface area contributed by atoms with Crippen LogP contribution in [-0.2, 0) is 0 Å². The lowest BCUT2D eigenvalue weighted by Gasteiger charge is -2.17. The first-order valence-corrected chi connectivity index (χ1v) is 9.75. The van der Waals surface area contributed by atoms with Gasteiger partial charge < -0.3 is 5.11 Å². The monoisotopic (exact) mass is 409 g/mol. The van der Waals surface area contributed by atoms with Crippen molar-refractivity contribution in [3.8, 4) is 5.75 Å². The summed E-state index contributed by atoms with van der Waals surface area (Å²) in [5, 5.41) is 9.85. The van der Waals surface area contributed by atoms with Gasteiger partial charge in [0.15, 0.2) is 0 Å². The lowest BCUT2D eigenvalue weighted by Crippen LogP contribution is -2.05. The quantitative estimate of drug-likeness (QED) is 0.522. The first-order valence-electron chi connectivity index (χ1n) is 8.08. The minimum Gasteiger partial charge on any atom is -0.508 e. The van der Waals surface area contributed by atoms with Gasteiger partial charge in [-0.05, 0) is 53.6 Å². The topological polar surface area (TPSA) is 32.6 Å². The molecule has 0 aromatic heterocycles. The number of para-hydroxylation sites is 1. The third-order valence-corrected chi connectivity index (χ3v) is 6.25. The van der Waals surface area contributed by atoms with Gasteiger partial charge in [-0.15, -0.1) is 11.8 Å². The zero-order chi connectivity index (χ0) is 17.2. The van der Waals surface area contributed by atoms with Crippen molar-refractivity contribution in [1.29, 1.82) is 0 Å².